The summed E-state index contributed by atoms with van der Waals surface area (Å²) in [7, 11) is 0. The van der Waals surface area contributed by atoms with Crippen molar-refractivity contribution in [2.24, 2.45) is 0 Å². The van der Waals surface area contributed by atoms with Gasteiger partial charge in [-0.3, -0.25) is 20.4 Å². The lowest BCUT2D eigenvalue weighted by molar-refractivity contribution is -0.132. The predicted molar refractivity (Wildman–Crippen MR) is 51.9 cm³/mol. The zero-order valence-electron chi connectivity index (χ0n) is 7.86. The fourth-order valence-electron chi connectivity index (χ4n) is 0.427. The zero-order valence-corrected chi connectivity index (χ0v) is 7.86. The number of hydrogen-bond acceptors (Lipinski definition) is 4. The summed E-state index contributed by atoms with van der Waals surface area (Å²) in [6.45, 7) is 6.33. The molecule has 0 aliphatic heterocycles. The molecule has 0 unspecified atom stereocenters. The molecule has 0 aromatic carbocycles. The summed E-state index contributed by atoms with van der Waals surface area (Å²) in [6.07, 6.45) is 3.73. The highest BCUT2D eigenvalue weighted by atomic mass is 16.5. The van der Waals surface area contributed by atoms with Crippen LogP contribution in [0.25, 0.3) is 0 Å². The second kappa shape index (κ2) is 7.07. The first-order valence-electron chi connectivity index (χ1n) is 3.82. The number of carbonyl (C=O) groups is 3. The maximum Gasteiger partial charge on any atom is 0.334 e. The fourth-order valence-corrected chi connectivity index (χ4v) is 0.427. The minimum absolute atomic E-state index is 0.556. The smallest absolute Gasteiger partial charge is 0.334 e. The molecular weight excluding hydrogens is 200 g/mol. The molecule has 0 bridgehead atoms. The molecule has 0 rings (SSSR count). The van der Waals surface area contributed by atoms with E-state index in [-0.39, 0.29) is 0 Å². The molecule has 0 radical (unpaired) electrons. The monoisotopic (exact) mass is 210 g/mol. The number of hydrazine groups is 1. The Labute approximate surface area is 86.3 Å². The minimum Gasteiger partial charge on any atom is -0.431 e. The molecule has 2 amide bonds. The van der Waals surface area contributed by atoms with E-state index < -0.39 is 17.8 Å². The van der Waals surface area contributed by atoms with Crippen LogP contribution in [0.3, 0.4) is 0 Å². The number of nitrogens with one attached hydrogen (secondary N) is 2. The topological polar surface area (TPSA) is 84.5 Å². The van der Waals surface area contributed by atoms with Gasteiger partial charge in [0.2, 0.25) is 0 Å². The van der Waals surface area contributed by atoms with Gasteiger partial charge in [-0.15, -0.1) is 0 Å². The molecular formula is C9H10N2O4. The maximum atomic E-state index is 10.9. The molecule has 0 saturated heterocycles. The molecule has 0 aliphatic rings. The van der Waals surface area contributed by atoms with Crippen molar-refractivity contribution in [3.63, 3.8) is 0 Å². The summed E-state index contributed by atoms with van der Waals surface area (Å²) in [5, 5.41) is 0. The Kier molecular flexibility index (Phi) is 5.96. The lowest BCUT2D eigenvalue weighted by Gasteiger charge is -2.00. The van der Waals surface area contributed by atoms with Crippen molar-refractivity contribution in [1.82, 2.24) is 10.9 Å². The standard InChI is InChI=1S/C9H10N2O4/c1-3-7(12)10-11-8(13)5-6-15-9(14)4-2/h3-6H,1-2H2,(H,10,12)(H,11,13). The van der Waals surface area contributed by atoms with E-state index in [4.69, 9.17) is 0 Å². The maximum absolute atomic E-state index is 10.9. The van der Waals surface area contributed by atoms with Gasteiger partial charge < -0.3 is 4.74 Å². The van der Waals surface area contributed by atoms with E-state index in [0.29, 0.717) is 0 Å². The summed E-state index contributed by atoms with van der Waals surface area (Å²) < 4.78 is 4.36. The van der Waals surface area contributed by atoms with Crippen LogP contribution in [0, 0.1) is 0 Å². The Bertz CT molecular complexity index is 320. The first-order valence-corrected chi connectivity index (χ1v) is 3.82. The van der Waals surface area contributed by atoms with Gasteiger partial charge in [-0.1, -0.05) is 13.2 Å². The van der Waals surface area contributed by atoms with Crippen molar-refractivity contribution >= 4 is 17.8 Å². The second-order valence-electron chi connectivity index (χ2n) is 2.13. The van der Waals surface area contributed by atoms with Crippen LogP contribution in [0.1, 0.15) is 0 Å². The van der Waals surface area contributed by atoms with Crippen molar-refractivity contribution < 1.29 is 19.1 Å². The minimum atomic E-state index is -0.686. The van der Waals surface area contributed by atoms with Crippen molar-refractivity contribution in [3.05, 3.63) is 37.6 Å². The van der Waals surface area contributed by atoms with Gasteiger partial charge in [0.1, 0.15) is 6.26 Å². The van der Waals surface area contributed by atoms with Crippen LogP contribution >= 0.6 is 0 Å². The van der Waals surface area contributed by atoms with E-state index in [1.165, 1.54) is 0 Å². The predicted octanol–water partition coefficient (Wildman–Crippen LogP) is -0.437. The van der Waals surface area contributed by atoms with Crippen LogP contribution in [0.15, 0.2) is 37.6 Å². The Morgan fingerprint density at radius 1 is 1.00 bits per heavy atom. The van der Waals surface area contributed by atoms with Crippen LogP contribution in [0.5, 0.6) is 0 Å². The lowest BCUT2D eigenvalue weighted by atomic mass is 10.6. The Hall–Kier alpha value is -2.37. The van der Waals surface area contributed by atoms with Crippen LogP contribution < -0.4 is 10.9 Å². The molecule has 80 valence electrons. The average Bonchev–Trinajstić information content (AvgIpc) is 2.25. The van der Waals surface area contributed by atoms with E-state index in [2.05, 4.69) is 17.9 Å². The summed E-state index contributed by atoms with van der Waals surface area (Å²) >= 11 is 0. The number of amides is 2. The summed E-state index contributed by atoms with van der Waals surface area (Å²) in [5.41, 5.74) is 4.03. The number of esters is 1. The van der Waals surface area contributed by atoms with Crippen LogP contribution in [0.4, 0.5) is 0 Å². The zero-order chi connectivity index (χ0) is 11.7. The molecule has 0 aliphatic carbocycles. The largest absolute Gasteiger partial charge is 0.431 e. The van der Waals surface area contributed by atoms with E-state index in [1.54, 1.807) is 0 Å². The van der Waals surface area contributed by atoms with Gasteiger partial charge in [-0.25, -0.2) is 4.79 Å². The lowest BCUT2D eigenvalue weighted by Crippen LogP contribution is -2.39. The molecule has 6 nitrogen and oxygen atoms in total. The molecule has 0 aromatic heterocycles. The molecule has 2 N–H and O–H groups in total. The van der Waals surface area contributed by atoms with Gasteiger partial charge in [0.15, 0.2) is 0 Å². The highest BCUT2D eigenvalue weighted by Crippen LogP contribution is 1.81. The van der Waals surface area contributed by atoms with E-state index in [1.807, 2.05) is 10.9 Å². The van der Waals surface area contributed by atoms with Crippen molar-refractivity contribution in [2.75, 3.05) is 0 Å². The number of ether oxygens (including phenoxy) is 1. The van der Waals surface area contributed by atoms with Gasteiger partial charge in [0.05, 0.1) is 0 Å². The van der Waals surface area contributed by atoms with Crippen LogP contribution in [-0.2, 0) is 19.1 Å². The molecule has 0 atom stereocenters. The van der Waals surface area contributed by atoms with Crippen molar-refractivity contribution in [3.8, 4) is 0 Å². The molecule has 0 heterocycles. The number of rotatable bonds is 4. The van der Waals surface area contributed by atoms with E-state index >= 15 is 0 Å². The quantitative estimate of drug-likeness (QED) is 0.285. The van der Waals surface area contributed by atoms with Gasteiger partial charge >= 0.3 is 5.97 Å². The highest BCUT2D eigenvalue weighted by molar-refractivity contribution is 5.92. The van der Waals surface area contributed by atoms with Gasteiger partial charge in [-0.2, -0.15) is 0 Å². The third-order valence-electron chi connectivity index (χ3n) is 1.06. The molecule has 0 fully saturated rings. The summed E-state index contributed by atoms with van der Waals surface area (Å²) in [6, 6.07) is 0. The van der Waals surface area contributed by atoms with Gasteiger partial charge in [-0.05, 0) is 6.08 Å². The number of carbonyl (C=O) groups excluding carboxylic acids is 3. The van der Waals surface area contributed by atoms with Crippen LogP contribution in [-0.4, -0.2) is 17.8 Å². The Morgan fingerprint density at radius 2 is 1.60 bits per heavy atom. The molecule has 0 saturated carbocycles. The Balaban J connectivity index is 3.83. The first-order chi connectivity index (χ1) is 7.10. The average molecular weight is 210 g/mol. The van der Waals surface area contributed by atoms with Gasteiger partial charge in [0, 0.05) is 12.2 Å². The summed E-state index contributed by atoms with van der Waals surface area (Å²) in [5.74, 6) is -1.89. The third kappa shape index (κ3) is 6.76. The van der Waals surface area contributed by atoms with E-state index in [0.717, 1.165) is 24.5 Å². The molecule has 15 heavy (non-hydrogen) atoms. The summed E-state index contributed by atoms with van der Waals surface area (Å²) in [4.78, 5) is 31.9. The first kappa shape index (κ1) is 12.6. The second-order valence-corrected chi connectivity index (χ2v) is 2.13. The molecule has 6 heteroatoms. The van der Waals surface area contributed by atoms with Crippen LogP contribution in [0.2, 0.25) is 0 Å². The fraction of sp³-hybridized carbons (Fsp3) is 0. The van der Waals surface area contributed by atoms with Gasteiger partial charge in [0.25, 0.3) is 11.8 Å². The van der Waals surface area contributed by atoms with E-state index in [9.17, 15) is 14.4 Å². The number of hydrogen-bond donors (Lipinski definition) is 2. The van der Waals surface area contributed by atoms with Crippen molar-refractivity contribution in [1.29, 1.82) is 0 Å². The SMILES string of the molecule is C=CC(=O)NNC(=O)C=COC(=O)C=C. The third-order valence-corrected chi connectivity index (χ3v) is 1.06. The normalized spacial score (nSPS) is 9.07. The highest BCUT2D eigenvalue weighted by Gasteiger charge is 1.97. The molecule has 0 spiro atoms. The Morgan fingerprint density at radius 3 is 2.13 bits per heavy atom. The van der Waals surface area contributed by atoms with Crippen molar-refractivity contribution in [2.45, 2.75) is 0 Å². The molecule has 0 aromatic rings.